The van der Waals surface area contributed by atoms with Crippen molar-refractivity contribution in [3.8, 4) is 0 Å². The Balaban J connectivity index is 0.000000246. The Hall–Kier alpha value is -1.26. The van der Waals surface area contributed by atoms with Gasteiger partial charge >= 0.3 is 0 Å². The predicted molar refractivity (Wildman–Crippen MR) is 90.0 cm³/mol. The Kier molecular flexibility index (Phi) is 6.52. The van der Waals surface area contributed by atoms with Crippen molar-refractivity contribution in [2.45, 2.75) is 33.2 Å². The average Bonchev–Trinajstić information content (AvgIpc) is 2.94. The summed E-state index contributed by atoms with van der Waals surface area (Å²) in [5, 5.41) is 0. The van der Waals surface area contributed by atoms with Gasteiger partial charge < -0.3 is 4.90 Å². The van der Waals surface area contributed by atoms with Crippen LogP contribution in [-0.2, 0) is 6.54 Å². The van der Waals surface area contributed by atoms with Crippen LogP contribution in [0.4, 0.5) is 0 Å². The molecule has 0 aromatic carbocycles. The van der Waals surface area contributed by atoms with Crippen molar-refractivity contribution in [3.63, 3.8) is 0 Å². The largest absolute Gasteiger partial charge is 0.306 e. The third-order valence-corrected chi connectivity index (χ3v) is 4.59. The third kappa shape index (κ3) is 5.18. The first-order chi connectivity index (χ1) is 10.6. The smallest absolute Gasteiger partial charge is 0.168 e. The molecule has 3 rings (SSSR count). The SMILES string of the molecule is CC(C)C1CN(Cc2cccc(C=O)n2)C1.CN1CCCC1. The molecule has 4 heteroatoms. The fourth-order valence-corrected chi connectivity index (χ4v) is 2.92. The lowest BCUT2D eigenvalue weighted by Gasteiger charge is -2.41. The van der Waals surface area contributed by atoms with Gasteiger partial charge in [0.05, 0.1) is 5.69 Å². The molecule has 22 heavy (non-hydrogen) atoms. The van der Waals surface area contributed by atoms with Crippen LogP contribution in [0, 0.1) is 11.8 Å². The Labute approximate surface area is 134 Å². The van der Waals surface area contributed by atoms with Crippen molar-refractivity contribution < 1.29 is 4.79 Å². The summed E-state index contributed by atoms with van der Waals surface area (Å²) in [4.78, 5) is 19.6. The number of aldehydes is 1. The molecule has 2 aliphatic rings. The van der Waals surface area contributed by atoms with E-state index in [1.807, 2.05) is 12.1 Å². The lowest BCUT2D eigenvalue weighted by Crippen LogP contribution is -2.48. The number of aromatic nitrogens is 1. The molecule has 122 valence electrons. The highest BCUT2D eigenvalue weighted by molar-refractivity contribution is 5.71. The maximum absolute atomic E-state index is 10.6. The van der Waals surface area contributed by atoms with E-state index in [4.69, 9.17) is 0 Å². The lowest BCUT2D eigenvalue weighted by atomic mass is 9.88. The quantitative estimate of drug-likeness (QED) is 0.801. The molecule has 0 atom stereocenters. The van der Waals surface area contributed by atoms with Gasteiger partial charge in [0.1, 0.15) is 5.69 Å². The molecule has 1 aromatic rings. The van der Waals surface area contributed by atoms with E-state index in [-0.39, 0.29) is 0 Å². The topological polar surface area (TPSA) is 36.4 Å². The zero-order valence-electron chi connectivity index (χ0n) is 14.2. The molecular formula is C18H29N3O. The standard InChI is InChI=1S/C13H18N2O.C5H11N/c1-10(2)11-6-15(7-11)8-12-4-3-5-13(9-16)14-12;1-6-4-2-3-5-6/h3-5,9-11H,6-8H2,1-2H3;2-5H2,1H3. The zero-order valence-corrected chi connectivity index (χ0v) is 14.2. The number of likely N-dealkylation sites (tertiary alicyclic amines) is 2. The van der Waals surface area contributed by atoms with Gasteiger partial charge in [0.15, 0.2) is 6.29 Å². The van der Waals surface area contributed by atoms with Crippen LogP contribution in [0.1, 0.15) is 42.9 Å². The monoisotopic (exact) mass is 303 g/mol. The van der Waals surface area contributed by atoms with E-state index < -0.39 is 0 Å². The highest BCUT2D eigenvalue weighted by Crippen LogP contribution is 2.24. The summed E-state index contributed by atoms with van der Waals surface area (Å²) in [7, 11) is 2.17. The van der Waals surface area contributed by atoms with Crippen molar-refractivity contribution >= 4 is 6.29 Å². The van der Waals surface area contributed by atoms with Gasteiger partial charge in [-0.3, -0.25) is 9.69 Å². The molecule has 0 spiro atoms. The van der Waals surface area contributed by atoms with E-state index in [1.165, 1.54) is 25.9 Å². The summed E-state index contributed by atoms with van der Waals surface area (Å²) < 4.78 is 0. The second-order valence-corrected chi connectivity index (χ2v) is 6.88. The van der Waals surface area contributed by atoms with E-state index in [1.54, 1.807) is 6.07 Å². The van der Waals surface area contributed by atoms with Crippen LogP contribution in [-0.4, -0.2) is 54.3 Å². The Morgan fingerprint density at radius 3 is 2.45 bits per heavy atom. The van der Waals surface area contributed by atoms with Gasteiger partial charge in [-0.25, -0.2) is 4.98 Å². The highest BCUT2D eigenvalue weighted by atomic mass is 16.1. The third-order valence-electron chi connectivity index (χ3n) is 4.59. The minimum atomic E-state index is 0.526. The second-order valence-electron chi connectivity index (χ2n) is 6.88. The molecule has 2 saturated heterocycles. The number of hydrogen-bond donors (Lipinski definition) is 0. The molecule has 0 radical (unpaired) electrons. The molecule has 1 aromatic heterocycles. The number of nitrogens with zero attached hydrogens (tertiary/aromatic N) is 3. The highest BCUT2D eigenvalue weighted by Gasteiger charge is 2.28. The molecule has 0 bridgehead atoms. The maximum Gasteiger partial charge on any atom is 0.168 e. The summed E-state index contributed by atoms with van der Waals surface area (Å²) in [6.45, 7) is 10.4. The maximum atomic E-state index is 10.6. The fraction of sp³-hybridized carbons (Fsp3) is 0.667. The first-order valence-corrected chi connectivity index (χ1v) is 8.40. The fourth-order valence-electron chi connectivity index (χ4n) is 2.92. The van der Waals surface area contributed by atoms with Crippen LogP contribution in [0.15, 0.2) is 18.2 Å². The van der Waals surface area contributed by atoms with Crippen molar-refractivity contribution in [1.29, 1.82) is 0 Å². The van der Waals surface area contributed by atoms with E-state index in [2.05, 4.69) is 35.7 Å². The predicted octanol–water partition coefficient (Wildman–Crippen LogP) is 2.69. The Bertz CT molecular complexity index is 463. The average molecular weight is 303 g/mol. The van der Waals surface area contributed by atoms with E-state index in [0.717, 1.165) is 43.5 Å². The minimum Gasteiger partial charge on any atom is -0.306 e. The Morgan fingerprint density at radius 1 is 1.27 bits per heavy atom. The van der Waals surface area contributed by atoms with Crippen molar-refractivity contribution in [2.75, 3.05) is 33.2 Å². The second kappa shape index (κ2) is 8.39. The summed E-state index contributed by atoms with van der Waals surface area (Å²) in [6.07, 6.45) is 3.63. The number of carbonyl (C=O) groups excluding carboxylic acids is 1. The molecule has 0 saturated carbocycles. The van der Waals surface area contributed by atoms with E-state index in [9.17, 15) is 4.79 Å². The minimum absolute atomic E-state index is 0.526. The van der Waals surface area contributed by atoms with E-state index in [0.29, 0.717) is 5.69 Å². The van der Waals surface area contributed by atoms with Crippen LogP contribution >= 0.6 is 0 Å². The van der Waals surface area contributed by atoms with Crippen LogP contribution in [0.3, 0.4) is 0 Å². The van der Waals surface area contributed by atoms with Crippen molar-refractivity contribution in [3.05, 3.63) is 29.6 Å². The van der Waals surface area contributed by atoms with E-state index >= 15 is 0 Å². The molecule has 2 aliphatic heterocycles. The van der Waals surface area contributed by atoms with Gasteiger partial charge in [0.2, 0.25) is 0 Å². The summed E-state index contributed by atoms with van der Waals surface area (Å²) in [6, 6.07) is 5.62. The van der Waals surface area contributed by atoms with Gasteiger partial charge in [-0.15, -0.1) is 0 Å². The first kappa shape index (κ1) is 17.1. The lowest BCUT2D eigenvalue weighted by molar-refractivity contribution is 0.0602. The van der Waals surface area contributed by atoms with Crippen LogP contribution in [0.5, 0.6) is 0 Å². The molecular weight excluding hydrogens is 274 g/mol. The number of rotatable bonds is 4. The molecule has 0 N–H and O–H groups in total. The summed E-state index contributed by atoms with van der Waals surface area (Å²) in [5.74, 6) is 1.60. The number of pyridine rings is 1. The molecule has 3 heterocycles. The van der Waals surface area contributed by atoms with Gasteiger partial charge in [0.25, 0.3) is 0 Å². The van der Waals surface area contributed by atoms with Crippen LogP contribution in [0.2, 0.25) is 0 Å². The summed E-state index contributed by atoms with van der Waals surface area (Å²) >= 11 is 0. The first-order valence-electron chi connectivity index (χ1n) is 8.40. The van der Waals surface area contributed by atoms with Gasteiger partial charge in [-0.05, 0) is 56.9 Å². The van der Waals surface area contributed by atoms with Crippen LogP contribution < -0.4 is 0 Å². The molecule has 4 nitrogen and oxygen atoms in total. The molecule has 0 amide bonds. The molecule has 0 aliphatic carbocycles. The van der Waals surface area contributed by atoms with Crippen molar-refractivity contribution in [2.24, 2.45) is 11.8 Å². The summed E-state index contributed by atoms with van der Waals surface area (Å²) in [5.41, 5.74) is 1.52. The Morgan fingerprint density at radius 2 is 1.95 bits per heavy atom. The zero-order chi connectivity index (χ0) is 15.9. The van der Waals surface area contributed by atoms with Crippen molar-refractivity contribution in [1.82, 2.24) is 14.8 Å². The van der Waals surface area contributed by atoms with Gasteiger partial charge in [-0.1, -0.05) is 19.9 Å². The van der Waals surface area contributed by atoms with Crippen LogP contribution in [0.25, 0.3) is 0 Å². The normalized spacial score (nSPS) is 19.6. The number of hydrogen-bond acceptors (Lipinski definition) is 4. The van der Waals surface area contributed by atoms with Gasteiger partial charge in [-0.2, -0.15) is 0 Å². The molecule has 0 unspecified atom stereocenters. The number of carbonyl (C=O) groups is 1. The van der Waals surface area contributed by atoms with Gasteiger partial charge in [0, 0.05) is 19.6 Å². The molecule has 2 fully saturated rings.